The second kappa shape index (κ2) is 15.9. The molecule has 44 heavy (non-hydrogen) atoms. The average molecular weight is 595 g/mol. The van der Waals surface area contributed by atoms with E-state index >= 15 is 0 Å². The summed E-state index contributed by atoms with van der Waals surface area (Å²) in [7, 11) is 2.95. The maximum absolute atomic E-state index is 13.2. The van der Waals surface area contributed by atoms with Crippen LogP contribution in [-0.4, -0.2) is 51.1 Å². The second-order valence-electron chi connectivity index (χ2n) is 10.1. The van der Waals surface area contributed by atoms with Crippen molar-refractivity contribution in [3.8, 4) is 11.5 Å². The maximum atomic E-state index is 13.2. The number of hydrogen-bond acceptors (Lipinski definition) is 7. The maximum Gasteiger partial charge on any atom is 0.328 e. The molecule has 0 saturated heterocycles. The van der Waals surface area contributed by atoms with E-state index in [1.54, 1.807) is 42.3 Å². The number of carbonyl (C=O) groups is 3. The van der Waals surface area contributed by atoms with Crippen molar-refractivity contribution in [2.75, 3.05) is 37.6 Å². The summed E-state index contributed by atoms with van der Waals surface area (Å²) in [5, 5.41) is 3.23. The summed E-state index contributed by atoms with van der Waals surface area (Å²) in [6.07, 6.45) is 1.38. The van der Waals surface area contributed by atoms with Crippen LogP contribution in [0.25, 0.3) is 0 Å². The lowest BCUT2D eigenvalue weighted by molar-refractivity contribution is -0.141. The van der Waals surface area contributed by atoms with Gasteiger partial charge >= 0.3 is 5.97 Å². The number of nitrogens with zero attached hydrogens (tertiary/aromatic N) is 1. The van der Waals surface area contributed by atoms with E-state index in [4.69, 9.17) is 14.2 Å². The molecule has 8 nitrogen and oxygen atoms in total. The average Bonchev–Trinajstić information content (AvgIpc) is 3.08. The Morgan fingerprint density at radius 3 is 2.25 bits per heavy atom. The summed E-state index contributed by atoms with van der Waals surface area (Å²) in [6, 6.07) is 30.4. The predicted octanol–water partition coefficient (Wildman–Crippen LogP) is 6.33. The van der Waals surface area contributed by atoms with Crippen LogP contribution in [0.1, 0.15) is 41.3 Å². The first-order chi connectivity index (χ1) is 21.4. The van der Waals surface area contributed by atoms with E-state index in [1.807, 2.05) is 79.7 Å². The van der Waals surface area contributed by atoms with Crippen molar-refractivity contribution in [3.63, 3.8) is 0 Å². The Hall–Kier alpha value is -5.11. The molecule has 4 rings (SSSR count). The summed E-state index contributed by atoms with van der Waals surface area (Å²) in [5.41, 5.74) is 3.28. The highest BCUT2D eigenvalue weighted by Gasteiger charge is 2.23. The quantitative estimate of drug-likeness (QED) is 0.0976. The summed E-state index contributed by atoms with van der Waals surface area (Å²) in [5.74, 6) is 0.842. The number of para-hydroxylation sites is 1. The first-order valence-electron chi connectivity index (χ1n) is 14.6. The molecular weight excluding hydrogens is 556 g/mol. The Labute approximate surface area is 258 Å². The van der Waals surface area contributed by atoms with Gasteiger partial charge in [-0.05, 0) is 48.4 Å². The number of methoxy groups -OCH3 is 2. The van der Waals surface area contributed by atoms with E-state index in [1.165, 1.54) is 7.11 Å². The molecule has 0 saturated carbocycles. The van der Waals surface area contributed by atoms with E-state index in [0.717, 1.165) is 11.3 Å². The highest BCUT2D eigenvalue weighted by atomic mass is 16.5. The van der Waals surface area contributed by atoms with Crippen LogP contribution in [0.2, 0.25) is 0 Å². The van der Waals surface area contributed by atoms with Gasteiger partial charge in [0.2, 0.25) is 5.91 Å². The fraction of sp³-hybridized carbons (Fsp3) is 0.250. The molecule has 4 aromatic carbocycles. The number of esters is 1. The second-order valence-corrected chi connectivity index (χ2v) is 10.1. The standard InChI is InChI=1S/C36H38N2O6/c1-4-34(39)38(28-14-10-15-30(25-28)42-2)22-11-23-44-29-20-18-26(19-21-29)24-33(36(41)43-3)37-32-17-9-8-16-31(32)35(40)27-12-6-5-7-13-27/h5-10,12-21,25,33,37H,4,11,22-24H2,1-3H3/t33-/m0/s1. The Balaban J connectivity index is 1.36. The lowest BCUT2D eigenvalue weighted by atomic mass is 10.00. The number of nitrogens with one attached hydrogen (secondary N) is 1. The van der Waals surface area contributed by atoms with Crippen molar-refractivity contribution >= 4 is 29.0 Å². The molecule has 1 N–H and O–H groups in total. The van der Waals surface area contributed by atoms with Crippen molar-refractivity contribution in [1.82, 2.24) is 0 Å². The number of hydrogen-bond donors (Lipinski definition) is 1. The highest BCUT2D eigenvalue weighted by Crippen LogP contribution is 2.24. The monoisotopic (exact) mass is 594 g/mol. The Morgan fingerprint density at radius 2 is 1.55 bits per heavy atom. The molecule has 0 radical (unpaired) electrons. The first-order valence-corrected chi connectivity index (χ1v) is 14.6. The van der Waals surface area contributed by atoms with Gasteiger partial charge in [-0.1, -0.05) is 67.6 Å². The molecule has 0 spiro atoms. The SMILES string of the molecule is CCC(=O)N(CCCOc1ccc(C[C@H](Nc2ccccc2C(=O)c2ccccc2)C(=O)OC)cc1)c1cccc(OC)c1. The van der Waals surface area contributed by atoms with Crippen LogP contribution in [0.3, 0.4) is 0 Å². The Morgan fingerprint density at radius 1 is 0.818 bits per heavy atom. The molecule has 0 unspecified atom stereocenters. The minimum Gasteiger partial charge on any atom is -0.497 e. The minimum atomic E-state index is -0.713. The largest absolute Gasteiger partial charge is 0.497 e. The smallest absolute Gasteiger partial charge is 0.328 e. The number of amides is 1. The lowest BCUT2D eigenvalue weighted by Crippen LogP contribution is -2.33. The Bertz CT molecular complexity index is 1540. The van der Waals surface area contributed by atoms with Gasteiger partial charge < -0.3 is 24.4 Å². The number of ketones is 1. The molecule has 8 heteroatoms. The van der Waals surface area contributed by atoms with Gasteiger partial charge in [0, 0.05) is 48.0 Å². The van der Waals surface area contributed by atoms with Crippen LogP contribution >= 0.6 is 0 Å². The van der Waals surface area contributed by atoms with Crippen LogP contribution in [-0.2, 0) is 20.7 Å². The van der Waals surface area contributed by atoms with Gasteiger partial charge in [-0.15, -0.1) is 0 Å². The molecule has 0 aromatic heterocycles. The molecule has 0 aliphatic rings. The van der Waals surface area contributed by atoms with Gasteiger partial charge in [-0.3, -0.25) is 9.59 Å². The summed E-state index contributed by atoms with van der Waals surface area (Å²) >= 11 is 0. The van der Waals surface area contributed by atoms with Crippen LogP contribution in [0.5, 0.6) is 11.5 Å². The lowest BCUT2D eigenvalue weighted by Gasteiger charge is -2.23. The third-order valence-electron chi connectivity index (χ3n) is 7.15. The van der Waals surface area contributed by atoms with Gasteiger partial charge in [0.1, 0.15) is 17.5 Å². The van der Waals surface area contributed by atoms with Gasteiger partial charge in [0.05, 0.1) is 20.8 Å². The molecule has 0 fully saturated rings. The van der Waals surface area contributed by atoms with Gasteiger partial charge in [0.25, 0.3) is 0 Å². The first kappa shape index (κ1) is 31.8. The molecule has 0 aliphatic carbocycles. The summed E-state index contributed by atoms with van der Waals surface area (Å²) in [4.78, 5) is 40.3. The van der Waals surface area contributed by atoms with Crippen molar-refractivity contribution in [2.24, 2.45) is 0 Å². The molecule has 228 valence electrons. The van der Waals surface area contributed by atoms with Gasteiger partial charge in [0.15, 0.2) is 5.78 Å². The van der Waals surface area contributed by atoms with Crippen LogP contribution in [0.15, 0.2) is 103 Å². The van der Waals surface area contributed by atoms with Crippen LogP contribution in [0.4, 0.5) is 11.4 Å². The van der Waals surface area contributed by atoms with E-state index in [2.05, 4.69) is 5.32 Å². The van der Waals surface area contributed by atoms with Gasteiger partial charge in [-0.2, -0.15) is 0 Å². The van der Waals surface area contributed by atoms with Crippen LogP contribution < -0.4 is 19.7 Å². The Kier molecular flexibility index (Phi) is 11.5. The fourth-order valence-corrected chi connectivity index (χ4v) is 4.81. The third-order valence-corrected chi connectivity index (χ3v) is 7.15. The zero-order valence-corrected chi connectivity index (χ0v) is 25.3. The zero-order valence-electron chi connectivity index (χ0n) is 25.3. The fourth-order valence-electron chi connectivity index (χ4n) is 4.81. The molecule has 4 aromatic rings. The summed E-state index contributed by atoms with van der Waals surface area (Å²) in [6.45, 7) is 2.78. The predicted molar refractivity (Wildman–Crippen MR) is 172 cm³/mol. The van der Waals surface area contributed by atoms with Crippen molar-refractivity contribution in [3.05, 3.63) is 120 Å². The molecule has 0 bridgehead atoms. The minimum absolute atomic E-state index is 0.0310. The molecule has 1 amide bonds. The van der Waals surface area contributed by atoms with Crippen molar-refractivity contribution < 1.29 is 28.6 Å². The third kappa shape index (κ3) is 8.47. The number of benzene rings is 4. The molecular formula is C36H38N2O6. The number of anilines is 2. The van der Waals surface area contributed by atoms with Gasteiger partial charge in [-0.25, -0.2) is 4.79 Å². The van der Waals surface area contributed by atoms with E-state index in [-0.39, 0.29) is 11.7 Å². The van der Waals surface area contributed by atoms with E-state index in [9.17, 15) is 14.4 Å². The zero-order chi connectivity index (χ0) is 31.3. The van der Waals surface area contributed by atoms with Crippen molar-refractivity contribution in [1.29, 1.82) is 0 Å². The molecule has 1 atom stereocenters. The number of ether oxygens (including phenoxy) is 3. The molecule has 0 aliphatic heterocycles. The number of carbonyl (C=O) groups excluding carboxylic acids is 3. The normalized spacial score (nSPS) is 11.2. The molecule has 0 heterocycles. The highest BCUT2D eigenvalue weighted by molar-refractivity contribution is 6.12. The van der Waals surface area contributed by atoms with Crippen molar-refractivity contribution in [2.45, 2.75) is 32.2 Å². The van der Waals surface area contributed by atoms with E-state index in [0.29, 0.717) is 60.7 Å². The van der Waals surface area contributed by atoms with E-state index < -0.39 is 12.0 Å². The topological polar surface area (TPSA) is 94.2 Å². The summed E-state index contributed by atoms with van der Waals surface area (Å²) < 4.78 is 16.3. The number of rotatable bonds is 15. The van der Waals surface area contributed by atoms with Crippen LogP contribution in [0, 0.1) is 0 Å².